The Kier molecular flexibility index (Phi) is 3.61. The van der Waals surface area contributed by atoms with E-state index in [1.54, 1.807) is 20.8 Å². The van der Waals surface area contributed by atoms with E-state index in [1.807, 2.05) is 0 Å². The zero-order valence-corrected chi connectivity index (χ0v) is 12.2. The van der Waals surface area contributed by atoms with Crippen molar-refractivity contribution in [1.29, 1.82) is 0 Å². The van der Waals surface area contributed by atoms with E-state index in [4.69, 9.17) is 0 Å². The molecule has 1 saturated carbocycles. The zero-order chi connectivity index (χ0) is 15.9. The van der Waals surface area contributed by atoms with Crippen molar-refractivity contribution in [3.63, 3.8) is 0 Å². The molecule has 1 aliphatic heterocycles. The number of nitrogens with one attached hydrogen (secondary N) is 1. The Labute approximate surface area is 121 Å². The van der Waals surface area contributed by atoms with E-state index in [0.717, 1.165) is 12.8 Å². The number of allylic oxidation sites excluding steroid dienone is 1. The van der Waals surface area contributed by atoms with Gasteiger partial charge in [-0.1, -0.05) is 20.8 Å². The third-order valence-corrected chi connectivity index (χ3v) is 3.60. The first-order valence-corrected chi connectivity index (χ1v) is 6.77. The van der Waals surface area contributed by atoms with E-state index in [1.165, 1.54) is 6.08 Å². The van der Waals surface area contributed by atoms with Gasteiger partial charge in [0.1, 0.15) is 0 Å². The van der Waals surface area contributed by atoms with Crippen LogP contribution in [0.5, 0.6) is 0 Å². The third-order valence-electron chi connectivity index (χ3n) is 3.60. The largest absolute Gasteiger partial charge is 0.478 e. The maximum atomic E-state index is 12.0. The molecule has 1 unspecified atom stereocenters. The molecule has 1 atom stereocenters. The minimum absolute atomic E-state index is 0.00866. The zero-order valence-electron chi connectivity index (χ0n) is 12.2. The summed E-state index contributed by atoms with van der Waals surface area (Å²) in [6.07, 6.45) is 3.29. The predicted octanol–water partition coefficient (Wildman–Crippen LogP) is 1.48. The smallest absolute Gasteiger partial charge is 0.332 e. The van der Waals surface area contributed by atoms with Gasteiger partial charge in [-0.25, -0.2) is 4.79 Å². The lowest BCUT2D eigenvalue weighted by molar-refractivity contribution is -0.497. The second-order valence-electron chi connectivity index (χ2n) is 6.44. The van der Waals surface area contributed by atoms with Crippen LogP contribution in [-0.2, 0) is 9.59 Å². The van der Waals surface area contributed by atoms with Crippen LogP contribution in [0.15, 0.2) is 22.9 Å². The first-order valence-electron chi connectivity index (χ1n) is 6.77. The van der Waals surface area contributed by atoms with Gasteiger partial charge in [0, 0.05) is 16.2 Å². The summed E-state index contributed by atoms with van der Waals surface area (Å²) in [5, 5.41) is 23.2. The highest BCUT2D eigenvalue weighted by Gasteiger charge is 2.44. The SMILES string of the molecule is CC(C)(C)C(C(=O)O)=C1C=C(C2CC2)NC(=O)C1[N+](=O)[O-]. The average Bonchev–Trinajstić information content (AvgIpc) is 3.08. The molecule has 0 saturated heterocycles. The molecule has 1 aliphatic carbocycles. The second-order valence-corrected chi connectivity index (χ2v) is 6.44. The maximum absolute atomic E-state index is 12.0. The first-order chi connectivity index (χ1) is 9.62. The van der Waals surface area contributed by atoms with Gasteiger partial charge < -0.3 is 10.4 Å². The molecule has 1 fully saturated rings. The molecular weight excluding hydrogens is 276 g/mol. The summed E-state index contributed by atoms with van der Waals surface area (Å²) in [5.41, 5.74) is -0.308. The maximum Gasteiger partial charge on any atom is 0.332 e. The molecule has 0 radical (unpaired) electrons. The van der Waals surface area contributed by atoms with Gasteiger partial charge in [-0.05, 0) is 30.3 Å². The summed E-state index contributed by atoms with van der Waals surface area (Å²) in [7, 11) is 0. The molecule has 2 rings (SSSR count). The van der Waals surface area contributed by atoms with Crippen molar-refractivity contribution >= 4 is 11.9 Å². The third kappa shape index (κ3) is 2.96. The predicted molar refractivity (Wildman–Crippen MR) is 73.8 cm³/mol. The minimum atomic E-state index is -1.67. The van der Waals surface area contributed by atoms with Gasteiger partial charge in [-0.3, -0.25) is 14.9 Å². The van der Waals surface area contributed by atoms with Crippen LogP contribution in [0.1, 0.15) is 33.6 Å². The lowest BCUT2D eigenvalue weighted by atomic mass is 9.80. The Morgan fingerprint density at radius 1 is 1.43 bits per heavy atom. The average molecular weight is 294 g/mol. The van der Waals surface area contributed by atoms with Crippen LogP contribution in [0, 0.1) is 21.4 Å². The van der Waals surface area contributed by atoms with Crippen LogP contribution in [0.3, 0.4) is 0 Å². The van der Waals surface area contributed by atoms with Gasteiger partial charge in [0.05, 0.1) is 5.57 Å². The first kappa shape index (κ1) is 15.2. The van der Waals surface area contributed by atoms with Crippen LogP contribution in [0.25, 0.3) is 0 Å². The Balaban J connectivity index is 2.66. The highest BCUT2D eigenvalue weighted by Crippen LogP contribution is 2.39. The van der Waals surface area contributed by atoms with Crippen molar-refractivity contribution < 1.29 is 19.6 Å². The number of carbonyl (C=O) groups is 2. The number of carbonyl (C=O) groups excluding carboxylic acids is 1. The summed E-state index contributed by atoms with van der Waals surface area (Å²) in [5.74, 6) is -1.82. The van der Waals surface area contributed by atoms with Crippen molar-refractivity contribution in [2.75, 3.05) is 0 Å². The molecule has 21 heavy (non-hydrogen) atoms. The number of nitro groups is 1. The fourth-order valence-electron chi connectivity index (χ4n) is 2.54. The van der Waals surface area contributed by atoms with Crippen molar-refractivity contribution in [3.05, 3.63) is 33.0 Å². The molecule has 2 aliphatic rings. The summed E-state index contributed by atoms with van der Waals surface area (Å²) in [4.78, 5) is 34.1. The molecule has 7 heteroatoms. The quantitative estimate of drug-likeness (QED) is 0.465. The molecule has 1 amide bonds. The Morgan fingerprint density at radius 2 is 2.00 bits per heavy atom. The van der Waals surface area contributed by atoms with Crippen LogP contribution in [-0.4, -0.2) is 27.9 Å². The number of hydrogen-bond donors (Lipinski definition) is 2. The van der Waals surface area contributed by atoms with Crippen molar-refractivity contribution in [3.8, 4) is 0 Å². The normalized spacial score (nSPS) is 25.0. The Morgan fingerprint density at radius 3 is 2.38 bits per heavy atom. The standard InChI is InChI=1S/C14H18N2O5/c1-14(2,3)10(13(18)19)8-6-9(7-4-5-7)15-12(17)11(8)16(20)21/h6-7,11H,4-5H2,1-3H3,(H,15,17)(H,18,19). The highest BCUT2D eigenvalue weighted by atomic mass is 16.6. The Hall–Kier alpha value is -2.18. The van der Waals surface area contributed by atoms with Gasteiger partial charge >= 0.3 is 17.9 Å². The lowest BCUT2D eigenvalue weighted by Gasteiger charge is -2.26. The lowest BCUT2D eigenvalue weighted by Crippen LogP contribution is -2.45. The highest BCUT2D eigenvalue weighted by molar-refractivity contribution is 5.95. The van der Waals surface area contributed by atoms with Crippen LogP contribution in [0.4, 0.5) is 0 Å². The molecule has 0 spiro atoms. The van der Waals surface area contributed by atoms with Crippen molar-refractivity contribution in [1.82, 2.24) is 5.32 Å². The molecule has 0 bridgehead atoms. The molecule has 7 nitrogen and oxygen atoms in total. The summed E-state index contributed by atoms with van der Waals surface area (Å²) in [6, 6.07) is -1.67. The topological polar surface area (TPSA) is 110 Å². The van der Waals surface area contributed by atoms with E-state index in [9.17, 15) is 24.8 Å². The molecule has 2 N–H and O–H groups in total. The number of rotatable bonds is 3. The number of carboxylic acids is 1. The van der Waals surface area contributed by atoms with Gasteiger partial charge in [-0.2, -0.15) is 0 Å². The second kappa shape index (κ2) is 4.98. The van der Waals surface area contributed by atoms with Gasteiger partial charge in [-0.15, -0.1) is 0 Å². The number of aliphatic carboxylic acids is 1. The van der Waals surface area contributed by atoms with Crippen LogP contribution >= 0.6 is 0 Å². The molecule has 1 heterocycles. The number of amides is 1. The van der Waals surface area contributed by atoms with Crippen molar-refractivity contribution in [2.45, 2.75) is 39.7 Å². The molecule has 114 valence electrons. The summed E-state index contributed by atoms with van der Waals surface area (Å²) >= 11 is 0. The van der Waals surface area contributed by atoms with E-state index in [-0.39, 0.29) is 17.1 Å². The van der Waals surface area contributed by atoms with Crippen LogP contribution in [0.2, 0.25) is 0 Å². The monoisotopic (exact) mass is 294 g/mol. The summed E-state index contributed by atoms with van der Waals surface area (Å²) < 4.78 is 0. The van der Waals surface area contributed by atoms with Gasteiger partial charge in [0.15, 0.2) is 0 Å². The fourth-order valence-corrected chi connectivity index (χ4v) is 2.54. The van der Waals surface area contributed by atoms with E-state index >= 15 is 0 Å². The Bertz CT molecular complexity index is 579. The molecule has 0 aromatic carbocycles. The van der Waals surface area contributed by atoms with Crippen LogP contribution < -0.4 is 5.32 Å². The van der Waals surface area contributed by atoms with Gasteiger partial charge in [0.25, 0.3) is 0 Å². The van der Waals surface area contributed by atoms with E-state index < -0.39 is 28.3 Å². The molecule has 0 aromatic rings. The number of nitrogens with zero attached hydrogens (tertiary/aromatic N) is 1. The minimum Gasteiger partial charge on any atom is -0.478 e. The number of carboxylic acid groups (broad SMARTS) is 1. The summed E-state index contributed by atoms with van der Waals surface area (Å²) in [6.45, 7) is 4.99. The number of hydrogen-bond acceptors (Lipinski definition) is 4. The van der Waals surface area contributed by atoms with Gasteiger partial charge in [0.2, 0.25) is 0 Å². The molecular formula is C14H18N2O5. The van der Waals surface area contributed by atoms with E-state index in [2.05, 4.69) is 5.32 Å². The fraction of sp³-hybridized carbons (Fsp3) is 0.571. The van der Waals surface area contributed by atoms with E-state index in [0.29, 0.717) is 5.70 Å². The van der Waals surface area contributed by atoms with Crippen molar-refractivity contribution in [2.24, 2.45) is 11.3 Å². The molecule has 0 aromatic heterocycles.